The molecule has 0 fully saturated rings. The van der Waals surface area contributed by atoms with Gasteiger partial charge in [-0.1, -0.05) is 6.92 Å². The maximum Gasteiger partial charge on any atom is 0.252 e. The molecule has 0 aliphatic heterocycles. The highest BCUT2D eigenvalue weighted by atomic mass is 32.1. The second kappa shape index (κ2) is 4.40. The average Bonchev–Trinajstić information content (AvgIpc) is 2.73. The first-order valence-corrected chi connectivity index (χ1v) is 5.70. The van der Waals surface area contributed by atoms with E-state index in [-0.39, 0.29) is 0 Å². The van der Waals surface area contributed by atoms with Crippen LogP contribution >= 0.6 is 11.5 Å². The summed E-state index contributed by atoms with van der Waals surface area (Å²) in [6.07, 6.45) is 4.12. The monoisotopic (exact) mass is 233 g/mol. The lowest BCUT2D eigenvalue weighted by Gasteiger charge is -2.00. The van der Waals surface area contributed by atoms with Gasteiger partial charge in [-0.2, -0.15) is 4.37 Å². The predicted molar refractivity (Wildman–Crippen MR) is 63.2 cm³/mol. The minimum Gasteiger partial charge on any atom is -0.365 e. The van der Waals surface area contributed by atoms with E-state index in [2.05, 4.69) is 9.36 Å². The topological polar surface area (TPSA) is 68.9 Å². The minimum absolute atomic E-state index is 0.426. The van der Waals surface area contributed by atoms with Crippen LogP contribution in [0.5, 0.6) is 0 Å². The molecule has 0 bridgehead atoms. The van der Waals surface area contributed by atoms with Gasteiger partial charge < -0.3 is 5.73 Å². The number of aromatic nitrogens is 2. The van der Waals surface area contributed by atoms with Crippen LogP contribution in [0.15, 0.2) is 24.5 Å². The Bertz CT molecular complexity index is 507. The van der Waals surface area contributed by atoms with Crippen LogP contribution in [0.1, 0.15) is 22.2 Å². The van der Waals surface area contributed by atoms with Crippen LogP contribution in [0, 0.1) is 0 Å². The minimum atomic E-state index is -0.426. The van der Waals surface area contributed by atoms with Gasteiger partial charge in [-0.05, 0) is 30.1 Å². The lowest BCUT2D eigenvalue weighted by Crippen LogP contribution is -2.13. The molecule has 2 rings (SSSR count). The molecule has 0 atom stereocenters. The summed E-state index contributed by atoms with van der Waals surface area (Å²) in [5.41, 5.74) is 7.38. The summed E-state index contributed by atoms with van der Waals surface area (Å²) in [5, 5.41) is 0. The Balaban J connectivity index is 2.58. The van der Waals surface area contributed by atoms with Gasteiger partial charge in [0.05, 0.1) is 11.3 Å². The van der Waals surface area contributed by atoms with Gasteiger partial charge in [-0.25, -0.2) is 0 Å². The number of nitrogens with zero attached hydrogens (tertiary/aromatic N) is 2. The molecule has 0 aliphatic carbocycles. The van der Waals surface area contributed by atoms with Crippen molar-refractivity contribution >= 4 is 17.4 Å². The van der Waals surface area contributed by atoms with E-state index in [9.17, 15) is 4.79 Å². The summed E-state index contributed by atoms with van der Waals surface area (Å²) in [5.74, 6) is -0.426. The Kier molecular flexibility index (Phi) is 2.96. The molecule has 2 heterocycles. The first kappa shape index (κ1) is 10.8. The van der Waals surface area contributed by atoms with Gasteiger partial charge in [-0.15, -0.1) is 0 Å². The fraction of sp³-hybridized carbons (Fsp3) is 0.182. The lowest BCUT2D eigenvalue weighted by atomic mass is 10.1. The third-order valence-electron chi connectivity index (χ3n) is 2.27. The zero-order valence-corrected chi connectivity index (χ0v) is 9.62. The molecular formula is C11H11N3OS. The Labute approximate surface area is 97.3 Å². The smallest absolute Gasteiger partial charge is 0.252 e. The lowest BCUT2D eigenvalue weighted by molar-refractivity contribution is 0.100. The van der Waals surface area contributed by atoms with Crippen molar-refractivity contribution in [2.75, 3.05) is 0 Å². The third-order valence-corrected chi connectivity index (χ3v) is 3.25. The van der Waals surface area contributed by atoms with Crippen LogP contribution < -0.4 is 5.73 Å². The normalized spacial score (nSPS) is 10.3. The first-order chi connectivity index (χ1) is 7.74. The van der Waals surface area contributed by atoms with Gasteiger partial charge in [0.1, 0.15) is 0 Å². The fourth-order valence-corrected chi connectivity index (χ4v) is 2.34. The number of primary amides is 1. The molecule has 1 amide bonds. The summed E-state index contributed by atoms with van der Waals surface area (Å²) in [6.45, 7) is 1.98. The van der Waals surface area contributed by atoms with Gasteiger partial charge in [0.15, 0.2) is 0 Å². The number of carbonyl (C=O) groups is 1. The number of rotatable bonds is 3. The number of amides is 1. The molecular weight excluding hydrogens is 222 g/mol. The maximum atomic E-state index is 11.4. The van der Waals surface area contributed by atoms with E-state index < -0.39 is 5.91 Å². The van der Waals surface area contributed by atoms with E-state index in [1.807, 2.05) is 19.1 Å². The molecule has 0 aromatic carbocycles. The number of hydrogen-bond donors (Lipinski definition) is 1. The molecule has 0 aliphatic rings. The van der Waals surface area contributed by atoms with Gasteiger partial charge in [0, 0.05) is 22.8 Å². The molecule has 2 N–H and O–H groups in total. The standard InChI is InChI=1S/C11H11N3OS/c1-2-8-9(11(12)15)10(14-16-8)7-4-3-5-13-6-7/h3-6H,2H2,1H3,(H2,12,15). The highest BCUT2D eigenvalue weighted by molar-refractivity contribution is 7.06. The summed E-state index contributed by atoms with van der Waals surface area (Å²) in [6, 6.07) is 3.68. The van der Waals surface area contributed by atoms with Crippen molar-refractivity contribution in [3.63, 3.8) is 0 Å². The van der Waals surface area contributed by atoms with Crippen molar-refractivity contribution in [2.24, 2.45) is 5.73 Å². The Morgan fingerprint density at radius 3 is 2.94 bits per heavy atom. The molecule has 4 nitrogen and oxygen atoms in total. The van der Waals surface area contributed by atoms with E-state index in [1.54, 1.807) is 12.4 Å². The Morgan fingerprint density at radius 2 is 2.38 bits per heavy atom. The number of aryl methyl sites for hydroxylation is 1. The number of carbonyl (C=O) groups excluding carboxylic acids is 1. The van der Waals surface area contributed by atoms with E-state index in [1.165, 1.54) is 11.5 Å². The van der Waals surface area contributed by atoms with Crippen molar-refractivity contribution < 1.29 is 4.79 Å². The summed E-state index contributed by atoms with van der Waals surface area (Å²) in [4.78, 5) is 16.3. The van der Waals surface area contributed by atoms with E-state index in [0.717, 1.165) is 16.9 Å². The van der Waals surface area contributed by atoms with Crippen molar-refractivity contribution in [3.05, 3.63) is 35.0 Å². The maximum absolute atomic E-state index is 11.4. The highest BCUT2D eigenvalue weighted by Gasteiger charge is 2.18. The number of hydrogen-bond acceptors (Lipinski definition) is 4. The van der Waals surface area contributed by atoms with Crippen LogP contribution in [0.2, 0.25) is 0 Å². The molecule has 0 saturated heterocycles. The molecule has 2 aromatic rings. The molecule has 82 valence electrons. The Morgan fingerprint density at radius 1 is 1.56 bits per heavy atom. The summed E-state index contributed by atoms with van der Waals surface area (Å²) < 4.78 is 4.28. The average molecular weight is 233 g/mol. The van der Waals surface area contributed by atoms with E-state index >= 15 is 0 Å². The summed E-state index contributed by atoms with van der Waals surface area (Å²) >= 11 is 1.32. The Hall–Kier alpha value is -1.75. The van der Waals surface area contributed by atoms with Crippen LogP contribution in [-0.2, 0) is 6.42 Å². The van der Waals surface area contributed by atoms with Crippen molar-refractivity contribution in [1.82, 2.24) is 9.36 Å². The zero-order chi connectivity index (χ0) is 11.5. The van der Waals surface area contributed by atoms with Crippen LogP contribution in [0.3, 0.4) is 0 Å². The predicted octanol–water partition coefficient (Wildman–Crippen LogP) is 1.87. The first-order valence-electron chi connectivity index (χ1n) is 4.92. The van der Waals surface area contributed by atoms with Gasteiger partial charge in [0.25, 0.3) is 5.91 Å². The fourth-order valence-electron chi connectivity index (χ4n) is 1.52. The quantitative estimate of drug-likeness (QED) is 0.879. The zero-order valence-electron chi connectivity index (χ0n) is 8.80. The van der Waals surface area contributed by atoms with Crippen molar-refractivity contribution in [1.29, 1.82) is 0 Å². The molecule has 0 unspecified atom stereocenters. The third kappa shape index (κ3) is 1.81. The van der Waals surface area contributed by atoms with Gasteiger partial charge in [0.2, 0.25) is 0 Å². The van der Waals surface area contributed by atoms with E-state index in [4.69, 9.17) is 5.73 Å². The SMILES string of the molecule is CCc1snc(-c2cccnc2)c1C(N)=O. The van der Waals surface area contributed by atoms with Crippen LogP contribution in [0.25, 0.3) is 11.3 Å². The van der Waals surface area contributed by atoms with Crippen LogP contribution in [0.4, 0.5) is 0 Å². The van der Waals surface area contributed by atoms with Crippen molar-refractivity contribution in [3.8, 4) is 11.3 Å². The largest absolute Gasteiger partial charge is 0.365 e. The van der Waals surface area contributed by atoms with Gasteiger partial charge in [-0.3, -0.25) is 9.78 Å². The number of pyridine rings is 1. The molecule has 16 heavy (non-hydrogen) atoms. The molecule has 2 aromatic heterocycles. The second-order valence-electron chi connectivity index (χ2n) is 3.29. The molecule has 0 spiro atoms. The van der Waals surface area contributed by atoms with Crippen LogP contribution in [-0.4, -0.2) is 15.3 Å². The van der Waals surface area contributed by atoms with Gasteiger partial charge >= 0.3 is 0 Å². The molecule has 0 saturated carbocycles. The summed E-state index contributed by atoms with van der Waals surface area (Å²) in [7, 11) is 0. The number of nitrogens with two attached hydrogens (primary N) is 1. The second-order valence-corrected chi connectivity index (χ2v) is 4.15. The molecule has 5 heteroatoms. The van der Waals surface area contributed by atoms with Crippen molar-refractivity contribution in [2.45, 2.75) is 13.3 Å². The van der Waals surface area contributed by atoms with E-state index in [0.29, 0.717) is 11.3 Å². The highest BCUT2D eigenvalue weighted by Crippen LogP contribution is 2.27. The molecule has 0 radical (unpaired) electrons.